The second-order valence-corrected chi connectivity index (χ2v) is 5.46. The molecule has 0 spiro atoms. The molecule has 0 radical (unpaired) electrons. The Morgan fingerprint density at radius 3 is 2.63 bits per heavy atom. The van der Waals surface area contributed by atoms with Gasteiger partial charge in [0.2, 0.25) is 5.89 Å². The van der Waals surface area contributed by atoms with E-state index in [2.05, 4.69) is 15.0 Å². The SMILES string of the molecule is NC(c1nc(N2CCOCC2)no1)C1CCCCC1. The first-order valence-electron chi connectivity index (χ1n) is 7.26. The van der Waals surface area contributed by atoms with Gasteiger partial charge in [-0.2, -0.15) is 4.98 Å². The van der Waals surface area contributed by atoms with Crippen molar-refractivity contribution in [3.8, 4) is 0 Å². The third-order valence-electron chi connectivity index (χ3n) is 4.17. The predicted octanol–water partition coefficient (Wildman–Crippen LogP) is 1.49. The minimum Gasteiger partial charge on any atom is -0.378 e. The lowest BCUT2D eigenvalue weighted by Crippen LogP contribution is -2.37. The first-order chi connectivity index (χ1) is 9.34. The number of nitrogens with two attached hydrogens (primary N) is 1. The molecule has 0 amide bonds. The standard InChI is InChI=1S/C13H22N4O2/c14-11(10-4-2-1-3-5-10)12-15-13(16-19-12)17-6-8-18-9-7-17/h10-11H,1-9,14H2. The number of ether oxygens (including phenoxy) is 1. The summed E-state index contributed by atoms with van der Waals surface area (Å²) in [5.41, 5.74) is 6.27. The molecule has 106 valence electrons. The molecular formula is C13H22N4O2. The van der Waals surface area contributed by atoms with Gasteiger partial charge in [0.25, 0.3) is 5.95 Å². The Bertz CT molecular complexity index is 397. The van der Waals surface area contributed by atoms with Crippen LogP contribution in [0.1, 0.15) is 44.0 Å². The Hall–Kier alpha value is -1.14. The normalized spacial score (nSPS) is 23.5. The molecule has 3 rings (SSSR count). The van der Waals surface area contributed by atoms with Gasteiger partial charge in [-0.25, -0.2) is 0 Å². The Labute approximate surface area is 113 Å². The van der Waals surface area contributed by atoms with Crippen LogP contribution in [0.15, 0.2) is 4.52 Å². The van der Waals surface area contributed by atoms with Gasteiger partial charge in [-0.1, -0.05) is 19.3 Å². The number of rotatable bonds is 3. The summed E-state index contributed by atoms with van der Waals surface area (Å²) < 4.78 is 10.7. The molecule has 19 heavy (non-hydrogen) atoms. The molecule has 6 nitrogen and oxygen atoms in total. The van der Waals surface area contributed by atoms with Crippen LogP contribution in [0.4, 0.5) is 5.95 Å². The minimum absolute atomic E-state index is 0.109. The van der Waals surface area contributed by atoms with Crippen molar-refractivity contribution in [3.63, 3.8) is 0 Å². The van der Waals surface area contributed by atoms with Crippen LogP contribution >= 0.6 is 0 Å². The van der Waals surface area contributed by atoms with Gasteiger partial charge in [-0.3, -0.25) is 0 Å². The van der Waals surface area contributed by atoms with Gasteiger partial charge in [0.1, 0.15) is 0 Å². The highest BCUT2D eigenvalue weighted by molar-refractivity contribution is 5.28. The van der Waals surface area contributed by atoms with E-state index in [1.165, 1.54) is 32.1 Å². The maximum Gasteiger partial charge on any atom is 0.266 e. The first-order valence-corrected chi connectivity index (χ1v) is 7.26. The Morgan fingerprint density at radius 2 is 1.89 bits per heavy atom. The smallest absolute Gasteiger partial charge is 0.266 e. The van der Waals surface area contributed by atoms with Crippen LogP contribution in [0, 0.1) is 5.92 Å². The van der Waals surface area contributed by atoms with Crippen molar-refractivity contribution in [1.29, 1.82) is 0 Å². The Kier molecular flexibility index (Phi) is 3.98. The number of morpholine rings is 1. The maximum absolute atomic E-state index is 6.27. The molecular weight excluding hydrogens is 244 g/mol. The molecule has 1 saturated heterocycles. The second kappa shape index (κ2) is 5.88. The predicted molar refractivity (Wildman–Crippen MR) is 70.8 cm³/mol. The summed E-state index contributed by atoms with van der Waals surface area (Å²) in [6.07, 6.45) is 6.21. The summed E-state index contributed by atoms with van der Waals surface area (Å²) in [7, 11) is 0. The monoisotopic (exact) mass is 266 g/mol. The van der Waals surface area contributed by atoms with E-state index >= 15 is 0 Å². The molecule has 1 unspecified atom stereocenters. The summed E-state index contributed by atoms with van der Waals surface area (Å²) >= 11 is 0. The zero-order valence-corrected chi connectivity index (χ0v) is 11.3. The molecule has 0 bridgehead atoms. The molecule has 1 aromatic heterocycles. The summed E-state index contributed by atoms with van der Waals surface area (Å²) in [4.78, 5) is 6.56. The number of hydrogen-bond donors (Lipinski definition) is 1. The molecule has 1 aliphatic carbocycles. The van der Waals surface area contributed by atoms with Gasteiger partial charge >= 0.3 is 0 Å². The number of hydrogen-bond acceptors (Lipinski definition) is 6. The number of nitrogens with zero attached hydrogens (tertiary/aromatic N) is 3. The summed E-state index contributed by atoms with van der Waals surface area (Å²) in [6, 6.07) is -0.109. The molecule has 0 aromatic carbocycles. The van der Waals surface area contributed by atoms with Crippen molar-refractivity contribution in [2.24, 2.45) is 11.7 Å². The van der Waals surface area contributed by atoms with E-state index in [9.17, 15) is 0 Å². The van der Waals surface area contributed by atoms with Crippen molar-refractivity contribution >= 4 is 5.95 Å². The molecule has 1 aliphatic heterocycles. The van der Waals surface area contributed by atoms with E-state index in [0.717, 1.165) is 26.3 Å². The zero-order chi connectivity index (χ0) is 13.1. The third kappa shape index (κ3) is 2.90. The lowest BCUT2D eigenvalue weighted by molar-refractivity contribution is 0.121. The largest absolute Gasteiger partial charge is 0.378 e. The van der Waals surface area contributed by atoms with Crippen LogP contribution in [0.25, 0.3) is 0 Å². The van der Waals surface area contributed by atoms with Gasteiger partial charge in [0.15, 0.2) is 0 Å². The van der Waals surface area contributed by atoms with Gasteiger partial charge in [-0.15, -0.1) is 0 Å². The van der Waals surface area contributed by atoms with Crippen molar-refractivity contribution < 1.29 is 9.26 Å². The van der Waals surface area contributed by atoms with E-state index in [0.29, 0.717) is 17.8 Å². The first kappa shape index (κ1) is 12.9. The number of aromatic nitrogens is 2. The lowest BCUT2D eigenvalue weighted by Gasteiger charge is -2.25. The minimum atomic E-state index is -0.109. The molecule has 2 N–H and O–H groups in total. The molecule has 2 fully saturated rings. The van der Waals surface area contributed by atoms with Crippen LogP contribution in [-0.2, 0) is 4.74 Å². The fourth-order valence-corrected chi connectivity index (χ4v) is 2.95. The van der Waals surface area contributed by atoms with E-state index < -0.39 is 0 Å². The molecule has 1 atom stereocenters. The topological polar surface area (TPSA) is 77.4 Å². The fourth-order valence-electron chi connectivity index (χ4n) is 2.95. The maximum atomic E-state index is 6.27. The highest BCUT2D eigenvalue weighted by Gasteiger charge is 2.27. The van der Waals surface area contributed by atoms with E-state index in [-0.39, 0.29) is 6.04 Å². The van der Waals surface area contributed by atoms with Crippen LogP contribution < -0.4 is 10.6 Å². The quantitative estimate of drug-likeness (QED) is 0.893. The van der Waals surface area contributed by atoms with Crippen molar-refractivity contribution in [3.05, 3.63) is 5.89 Å². The van der Waals surface area contributed by atoms with E-state index in [1.54, 1.807) is 0 Å². The Morgan fingerprint density at radius 1 is 1.16 bits per heavy atom. The van der Waals surface area contributed by atoms with Crippen LogP contribution in [0.5, 0.6) is 0 Å². The Balaban J connectivity index is 1.65. The average Bonchev–Trinajstić information content (AvgIpc) is 2.98. The second-order valence-electron chi connectivity index (χ2n) is 5.46. The van der Waals surface area contributed by atoms with Gasteiger partial charge < -0.3 is 19.9 Å². The highest BCUT2D eigenvalue weighted by atomic mass is 16.5. The fraction of sp³-hybridized carbons (Fsp3) is 0.846. The number of anilines is 1. The van der Waals surface area contributed by atoms with Gasteiger partial charge in [-0.05, 0) is 23.9 Å². The molecule has 2 heterocycles. The molecule has 2 aliphatic rings. The molecule has 1 aromatic rings. The van der Waals surface area contributed by atoms with Crippen LogP contribution in [0.2, 0.25) is 0 Å². The molecule has 6 heteroatoms. The third-order valence-corrected chi connectivity index (χ3v) is 4.17. The van der Waals surface area contributed by atoms with Crippen molar-refractivity contribution in [2.75, 3.05) is 31.2 Å². The molecule has 1 saturated carbocycles. The van der Waals surface area contributed by atoms with Crippen LogP contribution in [-0.4, -0.2) is 36.4 Å². The van der Waals surface area contributed by atoms with Gasteiger partial charge in [0.05, 0.1) is 19.3 Å². The average molecular weight is 266 g/mol. The van der Waals surface area contributed by atoms with E-state index in [4.69, 9.17) is 15.0 Å². The summed E-state index contributed by atoms with van der Waals surface area (Å²) in [5, 5.41) is 4.06. The van der Waals surface area contributed by atoms with Crippen LogP contribution in [0.3, 0.4) is 0 Å². The lowest BCUT2D eigenvalue weighted by atomic mass is 9.84. The summed E-state index contributed by atoms with van der Waals surface area (Å²) in [6.45, 7) is 3.08. The van der Waals surface area contributed by atoms with Gasteiger partial charge in [0, 0.05) is 13.1 Å². The zero-order valence-electron chi connectivity index (χ0n) is 11.3. The summed E-state index contributed by atoms with van der Waals surface area (Å²) in [5.74, 6) is 1.74. The van der Waals surface area contributed by atoms with Crippen molar-refractivity contribution in [1.82, 2.24) is 10.1 Å². The van der Waals surface area contributed by atoms with Crippen molar-refractivity contribution in [2.45, 2.75) is 38.1 Å². The van der Waals surface area contributed by atoms with E-state index in [1.807, 2.05) is 0 Å². The highest BCUT2D eigenvalue weighted by Crippen LogP contribution is 2.32.